The van der Waals surface area contributed by atoms with Crippen LogP contribution in [0.1, 0.15) is 19.4 Å². The van der Waals surface area contributed by atoms with E-state index in [0.717, 1.165) is 12.7 Å². The SMILES string of the molecule is CCON(c1ccc(OC)cc1)[C@@H](C)C(=O)O[C@H]1[C@H](O)[C@@H](CO)OC(O)[C@@H]1NC(=O)OCc1ccccc1.COP(N)(=O)O. The molecule has 0 bridgehead atoms. The van der Waals surface area contributed by atoms with Crippen molar-refractivity contribution in [2.75, 3.05) is 32.5 Å². The molecule has 2 unspecified atom stereocenters. The summed E-state index contributed by atoms with van der Waals surface area (Å²) in [6, 6.07) is 13.3. The highest BCUT2D eigenvalue weighted by molar-refractivity contribution is 7.50. The number of carbonyl (C=O) groups is 2. The third-order valence-electron chi connectivity index (χ3n) is 6.17. The molecule has 0 aromatic heterocycles. The summed E-state index contributed by atoms with van der Waals surface area (Å²) in [5, 5.41) is 34.6. The van der Waals surface area contributed by atoms with E-state index in [9.17, 15) is 29.5 Å². The molecule has 0 saturated carbocycles. The molecule has 7 N–H and O–H groups in total. The van der Waals surface area contributed by atoms with Crippen LogP contribution in [0.3, 0.4) is 0 Å². The Morgan fingerprint density at radius 3 is 2.25 bits per heavy atom. The number of esters is 1. The second-order valence-corrected chi connectivity index (χ2v) is 10.7. The van der Waals surface area contributed by atoms with Crippen LogP contribution in [0.25, 0.3) is 0 Å². The van der Waals surface area contributed by atoms with Crippen molar-refractivity contribution in [2.45, 2.75) is 57.1 Å². The maximum Gasteiger partial charge on any atom is 0.407 e. The lowest BCUT2D eigenvalue weighted by molar-refractivity contribution is -0.258. The van der Waals surface area contributed by atoms with Gasteiger partial charge in [0.1, 0.15) is 30.6 Å². The lowest BCUT2D eigenvalue weighted by Gasteiger charge is -2.42. The molecule has 0 aliphatic carbocycles. The molecule has 2 aromatic rings. The zero-order valence-corrected chi connectivity index (χ0v) is 25.6. The van der Waals surface area contributed by atoms with Gasteiger partial charge in [0.05, 0.1) is 26.0 Å². The van der Waals surface area contributed by atoms with E-state index in [4.69, 9.17) is 28.7 Å². The number of nitrogens with one attached hydrogen (secondary N) is 1. The summed E-state index contributed by atoms with van der Waals surface area (Å²) in [5.41, 5.74) is 5.69. The molecule has 1 saturated heterocycles. The van der Waals surface area contributed by atoms with Crippen LogP contribution in [0.15, 0.2) is 54.6 Å². The first-order chi connectivity index (χ1) is 20.8. The van der Waals surface area contributed by atoms with Crippen molar-refractivity contribution in [2.24, 2.45) is 5.50 Å². The van der Waals surface area contributed by atoms with Crippen molar-refractivity contribution >= 4 is 25.5 Å². The number of hydrogen-bond donors (Lipinski definition) is 6. The van der Waals surface area contributed by atoms with E-state index in [2.05, 4.69) is 15.3 Å². The van der Waals surface area contributed by atoms with Gasteiger partial charge in [0, 0.05) is 7.11 Å². The van der Waals surface area contributed by atoms with Crippen LogP contribution >= 0.6 is 7.75 Å². The first-order valence-corrected chi connectivity index (χ1v) is 15.0. The average Bonchev–Trinajstić information content (AvgIpc) is 3.02. The molecular formula is C27H40N3O13P. The molecule has 1 fully saturated rings. The Kier molecular flexibility index (Phi) is 15.0. The smallest absolute Gasteiger partial charge is 0.407 e. The van der Waals surface area contributed by atoms with E-state index in [0.29, 0.717) is 11.4 Å². The Hall–Kier alpha value is -3.31. The van der Waals surface area contributed by atoms with Crippen molar-refractivity contribution in [1.29, 1.82) is 0 Å². The van der Waals surface area contributed by atoms with Gasteiger partial charge in [-0.2, -0.15) is 0 Å². The average molecular weight is 646 g/mol. The van der Waals surface area contributed by atoms with Gasteiger partial charge in [-0.25, -0.2) is 24.7 Å². The fraction of sp³-hybridized carbons (Fsp3) is 0.481. The van der Waals surface area contributed by atoms with E-state index in [1.165, 1.54) is 19.1 Å². The Balaban J connectivity index is 0.00000102. The van der Waals surface area contributed by atoms with Gasteiger partial charge in [-0.1, -0.05) is 30.3 Å². The second kappa shape index (κ2) is 17.9. The predicted octanol–water partition coefficient (Wildman–Crippen LogP) is 0.811. The number of aliphatic hydroxyl groups is 3. The monoisotopic (exact) mass is 645 g/mol. The normalized spacial score (nSPS) is 23.2. The maximum atomic E-state index is 13.2. The van der Waals surface area contributed by atoms with Crippen molar-refractivity contribution in [3.8, 4) is 5.75 Å². The molecule has 246 valence electrons. The molecule has 0 spiro atoms. The highest BCUT2D eigenvalue weighted by Crippen LogP contribution is 2.28. The minimum Gasteiger partial charge on any atom is -0.497 e. The van der Waals surface area contributed by atoms with E-state index >= 15 is 0 Å². The van der Waals surface area contributed by atoms with Crippen molar-refractivity contribution in [1.82, 2.24) is 5.32 Å². The molecule has 0 radical (unpaired) electrons. The number of hydrogen-bond acceptors (Lipinski definition) is 13. The van der Waals surface area contributed by atoms with Crippen molar-refractivity contribution in [3.05, 3.63) is 60.2 Å². The number of nitrogens with two attached hydrogens (primary N) is 1. The number of nitrogens with zero attached hydrogens (tertiary/aromatic N) is 1. The zero-order chi connectivity index (χ0) is 32.9. The van der Waals surface area contributed by atoms with E-state index in [-0.39, 0.29) is 13.2 Å². The summed E-state index contributed by atoms with van der Waals surface area (Å²) in [5.74, 6) is -0.212. The number of alkyl carbamates (subject to hydrolysis) is 1. The van der Waals surface area contributed by atoms with E-state index < -0.39 is 63.1 Å². The molecule has 44 heavy (non-hydrogen) atoms. The first kappa shape index (κ1) is 36.9. The first-order valence-electron chi connectivity index (χ1n) is 13.4. The number of ether oxygens (including phenoxy) is 4. The van der Waals surface area contributed by atoms with Gasteiger partial charge in [0.2, 0.25) is 0 Å². The molecule has 1 aliphatic heterocycles. The van der Waals surface area contributed by atoms with Gasteiger partial charge in [0.25, 0.3) is 0 Å². The van der Waals surface area contributed by atoms with Gasteiger partial charge in [-0.05, 0) is 43.7 Å². The van der Waals surface area contributed by atoms with Crippen LogP contribution in [0, 0.1) is 0 Å². The van der Waals surface area contributed by atoms with E-state index in [1.807, 2.05) is 6.07 Å². The third-order valence-corrected chi connectivity index (χ3v) is 6.70. The molecule has 16 nitrogen and oxygen atoms in total. The van der Waals surface area contributed by atoms with Gasteiger partial charge >= 0.3 is 19.8 Å². The summed E-state index contributed by atoms with van der Waals surface area (Å²) in [6.07, 6.45) is -6.95. The van der Waals surface area contributed by atoms with Crippen LogP contribution < -0.4 is 20.6 Å². The van der Waals surface area contributed by atoms with Crippen molar-refractivity contribution in [3.63, 3.8) is 0 Å². The standard InChI is InChI=1S/C26H34N2O10.CH6NO3P/c1-4-36-28(18-10-12-19(34-3)13-11-18)16(2)24(31)38-23-21(25(32)37-20(14-29)22(23)30)27-26(33)35-15-17-8-6-5-7-9-17;1-5-6(2,3)4/h5-13,16,20-23,25,29-30,32H,4,14-15H2,1-3H3,(H,27,33);1H3,(H3,2,3,4)/t16-,20+,21+,22+,23+,25?;/m0./s1. The third kappa shape index (κ3) is 11.3. The van der Waals surface area contributed by atoms with Gasteiger partial charge in [-0.3, -0.25) is 4.84 Å². The number of aliphatic hydroxyl groups excluding tert-OH is 3. The lowest BCUT2D eigenvalue weighted by Crippen LogP contribution is -2.65. The van der Waals surface area contributed by atoms with E-state index in [1.54, 1.807) is 55.5 Å². The molecule has 3 rings (SSSR count). The number of hydroxylamine groups is 1. The second-order valence-electron chi connectivity index (χ2n) is 9.24. The van der Waals surface area contributed by atoms with Crippen LogP contribution in [0.4, 0.5) is 10.5 Å². The van der Waals surface area contributed by atoms with Crippen LogP contribution in [-0.4, -0.2) is 96.4 Å². The summed E-state index contributed by atoms with van der Waals surface area (Å²) in [7, 11) is -1.04. The van der Waals surface area contributed by atoms with Crippen LogP contribution in [0.2, 0.25) is 0 Å². The van der Waals surface area contributed by atoms with Gasteiger partial charge < -0.3 is 49.0 Å². The predicted molar refractivity (Wildman–Crippen MR) is 155 cm³/mol. The molecule has 1 amide bonds. The Labute approximate surface area is 254 Å². The quantitative estimate of drug-likeness (QED) is 0.107. The zero-order valence-electron chi connectivity index (χ0n) is 24.7. The molecule has 1 heterocycles. The fourth-order valence-electron chi connectivity index (χ4n) is 3.89. The maximum absolute atomic E-state index is 13.2. The summed E-state index contributed by atoms with van der Waals surface area (Å²) >= 11 is 0. The Morgan fingerprint density at radius 1 is 1.11 bits per heavy atom. The van der Waals surface area contributed by atoms with Gasteiger partial charge in [0.15, 0.2) is 18.4 Å². The largest absolute Gasteiger partial charge is 0.497 e. The summed E-state index contributed by atoms with van der Waals surface area (Å²) in [6.45, 7) is 2.81. The molecular weight excluding hydrogens is 605 g/mol. The number of rotatable bonds is 12. The number of benzene rings is 2. The van der Waals surface area contributed by atoms with Gasteiger partial charge in [-0.15, -0.1) is 0 Å². The molecule has 2 aromatic carbocycles. The minimum atomic E-state index is -3.65. The Morgan fingerprint density at radius 2 is 1.73 bits per heavy atom. The fourth-order valence-corrected chi connectivity index (χ4v) is 3.89. The summed E-state index contributed by atoms with van der Waals surface area (Å²) < 4.78 is 34.7. The lowest BCUT2D eigenvalue weighted by atomic mass is 9.96. The highest BCUT2D eigenvalue weighted by atomic mass is 31.2. The number of anilines is 1. The number of methoxy groups -OCH3 is 1. The van der Waals surface area contributed by atoms with Crippen LogP contribution in [-0.2, 0) is 39.5 Å². The summed E-state index contributed by atoms with van der Waals surface area (Å²) in [4.78, 5) is 39.3. The molecule has 17 heteroatoms. The minimum absolute atomic E-state index is 0.0508. The molecule has 1 aliphatic rings. The number of amides is 1. The van der Waals surface area contributed by atoms with Crippen LogP contribution in [0.5, 0.6) is 5.75 Å². The molecule has 7 atom stereocenters. The van der Waals surface area contributed by atoms with Crippen molar-refractivity contribution < 1.29 is 62.7 Å². The highest BCUT2D eigenvalue weighted by Gasteiger charge is 2.48. The Bertz CT molecular complexity index is 1200. The topological polar surface area (TPSA) is 229 Å². The number of carbonyl (C=O) groups excluding carboxylic acids is 2.